The van der Waals surface area contributed by atoms with Gasteiger partial charge in [0.05, 0.1) is 25.4 Å². The van der Waals surface area contributed by atoms with E-state index < -0.39 is 23.5 Å². The maximum absolute atomic E-state index is 11.8. The zero-order valence-electron chi connectivity index (χ0n) is 14.3. The molecule has 0 aromatic rings. The molecule has 6 heteroatoms. The maximum Gasteiger partial charge on any atom is 0.308 e. The van der Waals surface area contributed by atoms with Gasteiger partial charge in [0.2, 0.25) is 0 Å². The summed E-state index contributed by atoms with van der Waals surface area (Å²) in [5, 5.41) is 8.54. The van der Waals surface area contributed by atoms with Crippen molar-refractivity contribution in [1.82, 2.24) is 0 Å². The molecule has 0 aliphatic rings. The highest BCUT2D eigenvalue weighted by molar-refractivity contribution is 5.76. The van der Waals surface area contributed by atoms with Crippen molar-refractivity contribution in [2.24, 2.45) is 17.3 Å². The van der Waals surface area contributed by atoms with Crippen molar-refractivity contribution in [3.63, 3.8) is 0 Å². The third kappa shape index (κ3) is 7.43. The number of carboxylic acids is 1. The number of carboxylic acid groups (broad SMARTS) is 1. The lowest BCUT2D eigenvalue weighted by atomic mass is 9.81. The number of carbonyl (C=O) groups is 3. The molecule has 0 aromatic heterocycles. The molecular formula is C16H28O6. The summed E-state index contributed by atoms with van der Waals surface area (Å²) >= 11 is 0. The smallest absolute Gasteiger partial charge is 0.308 e. The zero-order valence-corrected chi connectivity index (χ0v) is 14.3. The van der Waals surface area contributed by atoms with Gasteiger partial charge in [-0.15, -0.1) is 0 Å². The second-order valence-electron chi connectivity index (χ2n) is 6.80. The van der Waals surface area contributed by atoms with Gasteiger partial charge < -0.3 is 14.6 Å². The van der Waals surface area contributed by atoms with Crippen LogP contribution in [0.25, 0.3) is 0 Å². The standard InChI is InChI=1S/C16H28O6/c1-10(2)14(22-15(20)11(3)4)16(5,6)9-21-13(19)8-7-12(17)18/h10-11,14H,7-9H2,1-6H3,(H,17,18). The predicted molar refractivity (Wildman–Crippen MR) is 81.2 cm³/mol. The Kier molecular flexibility index (Phi) is 8.12. The topological polar surface area (TPSA) is 89.9 Å². The first kappa shape index (κ1) is 20.4. The molecule has 0 fully saturated rings. The molecule has 0 radical (unpaired) electrons. The average Bonchev–Trinajstić information content (AvgIpc) is 2.39. The fourth-order valence-corrected chi connectivity index (χ4v) is 2.09. The molecule has 0 aliphatic carbocycles. The number of ether oxygens (including phenoxy) is 2. The van der Waals surface area contributed by atoms with Crippen molar-refractivity contribution in [3.8, 4) is 0 Å². The Morgan fingerprint density at radius 3 is 2.00 bits per heavy atom. The summed E-state index contributed by atoms with van der Waals surface area (Å²) in [5.74, 6) is -2.05. The van der Waals surface area contributed by atoms with Crippen LogP contribution in [0.3, 0.4) is 0 Å². The highest BCUT2D eigenvalue weighted by Crippen LogP contribution is 2.30. The highest BCUT2D eigenvalue weighted by Gasteiger charge is 2.37. The molecule has 0 heterocycles. The van der Waals surface area contributed by atoms with E-state index in [0.717, 1.165) is 0 Å². The molecule has 0 saturated heterocycles. The number of hydrogen-bond donors (Lipinski definition) is 1. The molecule has 0 aliphatic heterocycles. The minimum absolute atomic E-state index is 0.0652. The summed E-state index contributed by atoms with van der Waals surface area (Å²) in [7, 11) is 0. The first-order valence-electron chi connectivity index (χ1n) is 7.55. The van der Waals surface area contributed by atoms with Crippen LogP contribution in [0.5, 0.6) is 0 Å². The lowest BCUT2D eigenvalue weighted by Crippen LogP contribution is -2.42. The quantitative estimate of drug-likeness (QED) is 0.658. The number of esters is 2. The molecular weight excluding hydrogens is 288 g/mol. The van der Waals surface area contributed by atoms with Crippen LogP contribution in [-0.4, -0.2) is 35.7 Å². The summed E-state index contributed by atoms with van der Waals surface area (Å²) in [4.78, 5) is 33.8. The number of hydrogen-bond acceptors (Lipinski definition) is 5. The van der Waals surface area contributed by atoms with Gasteiger partial charge in [0.15, 0.2) is 0 Å². The summed E-state index contributed by atoms with van der Waals surface area (Å²) in [5.41, 5.74) is -0.558. The molecule has 0 saturated carbocycles. The monoisotopic (exact) mass is 316 g/mol. The second kappa shape index (κ2) is 8.76. The van der Waals surface area contributed by atoms with Gasteiger partial charge in [0.1, 0.15) is 6.10 Å². The Morgan fingerprint density at radius 1 is 1.05 bits per heavy atom. The van der Waals surface area contributed by atoms with E-state index in [-0.39, 0.29) is 37.3 Å². The normalized spacial score (nSPS) is 13.1. The summed E-state index contributed by atoms with van der Waals surface area (Å²) in [6, 6.07) is 0. The molecule has 1 unspecified atom stereocenters. The van der Waals surface area contributed by atoms with E-state index in [9.17, 15) is 14.4 Å². The van der Waals surface area contributed by atoms with Gasteiger partial charge in [-0.3, -0.25) is 14.4 Å². The van der Waals surface area contributed by atoms with Crippen LogP contribution in [-0.2, 0) is 23.9 Å². The Hall–Kier alpha value is -1.59. The zero-order chi connectivity index (χ0) is 17.5. The first-order valence-corrected chi connectivity index (χ1v) is 7.55. The van der Waals surface area contributed by atoms with Crippen LogP contribution >= 0.6 is 0 Å². The largest absolute Gasteiger partial charge is 0.481 e. The second-order valence-corrected chi connectivity index (χ2v) is 6.80. The van der Waals surface area contributed by atoms with Crippen molar-refractivity contribution in [3.05, 3.63) is 0 Å². The van der Waals surface area contributed by atoms with Gasteiger partial charge in [0.25, 0.3) is 0 Å². The fraction of sp³-hybridized carbons (Fsp3) is 0.812. The Bertz CT molecular complexity index is 397. The van der Waals surface area contributed by atoms with Gasteiger partial charge in [-0.1, -0.05) is 41.5 Å². The molecule has 0 amide bonds. The maximum atomic E-state index is 11.8. The minimum atomic E-state index is -1.04. The average molecular weight is 316 g/mol. The Labute approximate surface area is 132 Å². The first-order chi connectivity index (χ1) is 9.97. The minimum Gasteiger partial charge on any atom is -0.481 e. The van der Waals surface area contributed by atoms with Crippen LogP contribution in [0.1, 0.15) is 54.4 Å². The van der Waals surface area contributed by atoms with Crippen molar-refractivity contribution in [2.75, 3.05) is 6.61 Å². The van der Waals surface area contributed by atoms with Gasteiger partial charge in [-0.2, -0.15) is 0 Å². The van der Waals surface area contributed by atoms with E-state index in [2.05, 4.69) is 0 Å². The van der Waals surface area contributed by atoms with Gasteiger partial charge >= 0.3 is 17.9 Å². The van der Waals surface area contributed by atoms with Gasteiger partial charge in [0, 0.05) is 5.41 Å². The van der Waals surface area contributed by atoms with Crippen LogP contribution in [0.4, 0.5) is 0 Å². The molecule has 6 nitrogen and oxygen atoms in total. The number of aliphatic carboxylic acids is 1. The van der Waals surface area contributed by atoms with Crippen molar-refractivity contribution in [1.29, 1.82) is 0 Å². The van der Waals surface area contributed by atoms with E-state index in [4.69, 9.17) is 14.6 Å². The van der Waals surface area contributed by atoms with Gasteiger partial charge in [-0.25, -0.2) is 0 Å². The number of rotatable bonds is 9. The third-order valence-electron chi connectivity index (χ3n) is 3.24. The van der Waals surface area contributed by atoms with E-state index in [0.29, 0.717) is 0 Å². The Balaban J connectivity index is 4.66. The molecule has 1 atom stereocenters. The highest BCUT2D eigenvalue weighted by atomic mass is 16.6. The molecule has 1 N–H and O–H groups in total. The van der Waals surface area contributed by atoms with E-state index in [1.807, 2.05) is 27.7 Å². The molecule has 128 valence electrons. The molecule has 0 rings (SSSR count). The van der Waals surface area contributed by atoms with Crippen molar-refractivity contribution >= 4 is 17.9 Å². The summed E-state index contributed by atoms with van der Waals surface area (Å²) in [6.45, 7) is 11.2. The van der Waals surface area contributed by atoms with Crippen molar-refractivity contribution < 1.29 is 29.0 Å². The summed E-state index contributed by atoms with van der Waals surface area (Å²) < 4.78 is 10.7. The summed E-state index contributed by atoms with van der Waals surface area (Å²) in [6.07, 6.45) is -0.812. The SMILES string of the molecule is CC(C)C(=O)OC(C(C)C)C(C)(C)COC(=O)CCC(=O)O. The number of carbonyl (C=O) groups excluding carboxylic acids is 2. The molecule has 22 heavy (non-hydrogen) atoms. The Morgan fingerprint density at radius 2 is 1.59 bits per heavy atom. The molecule has 0 spiro atoms. The predicted octanol–water partition coefficient (Wildman–Crippen LogP) is 2.64. The fourth-order valence-electron chi connectivity index (χ4n) is 2.09. The molecule has 0 aromatic carbocycles. The van der Waals surface area contributed by atoms with Crippen molar-refractivity contribution in [2.45, 2.75) is 60.5 Å². The van der Waals surface area contributed by atoms with E-state index >= 15 is 0 Å². The lowest BCUT2D eigenvalue weighted by Gasteiger charge is -2.36. The van der Waals surface area contributed by atoms with Crippen LogP contribution in [0.15, 0.2) is 0 Å². The third-order valence-corrected chi connectivity index (χ3v) is 3.24. The van der Waals surface area contributed by atoms with Gasteiger partial charge in [-0.05, 0) is 5.92 Å². The van der Waals surface area contributed by atoms with Crippen LogP contribution in [0, 0.1) is 17.3 Å². The lowest BCUT2D eigenvalue weighted by molar-refractivity contribution is -0.169. The van der Waals surface area contributed by atoms with E-state index in [1.54, 1.807) is 13.8 Å². The van der Waals surface area contributed by atoms with Crippen LogP contribution < -0.4 is 0 Å². The van der Waals surface area contributed by atoms with E-state index in [1.165, 1.54) is 0 Å². The van der Waals surface area contributed by atoms with Crippen LogP contribution in [0.2, 0.25) is 0 Å². The molecule has 0 bridgehead atoms.